The number of fused-ring (bicyclic) bond motifs is 1. The van der Waals surface area contributed by atoms with E-state index >= 15 is 0 Å². The molecule has 6 nitrogen and oxygen atoms in total. The van der Waals surface area contributed by atoms with E-state index in [2.05, 4.69) is 15.3 Å². The van der Waals surface area contributed by atoms with Crippen molar-refractivity contribution < 1.29 is 9.90 Å². The number of hydrogen-bond acceptors (Lipinski definition) is 4. The number of carbonyl (C=O) groups is 1. The van der Waals surface area contributed by atoms with Gasteiger partial charge in [-0.25, -0.2) is 0 Å². The highest BCUT2D eigenvalue weighted by Crippen LogP contribution is 2.20. The maximum atomic E-state index is 12.6. The van der Waals surface area contributed by atoms with E-state index in [0.717, 1.165) is 22.0 Å². The lowest BCUT2D eigenvalue weighted by atomic mass is 10.1. The first kappa shape index (κ1) is 16.2. The second kappa shape index (κ2) is 6.93. The molecule has 0 radical (unpaired) electrons. The summed E-state index contributed by atoms with van der Waals surface area (Å²) in [6.45, 7) is -0.0664. The number of aliphatic hydroxyl groups excluding tert-OH is 1. The van der Waals surface area contributed by atoms with E-state index in [1.54, 1.807) is 17.1 Å². The summed E-state index contributed by atoms with van der Waals surface area (Å²) in [5.74, 6) is -0.0674. The van der Waals surface area contributed by atoms with Crippen molar-refractivity contribution >= 4 is 16.7 Å². The van der Waals surface area contributed by atoms with Gasteiger partial charge in [-0.05, 0) is 17.2 Å². The second-order valence-electron chi connectivity index (χ2n) is 6.16. The zero-order valence-corrected chi connectivity index (χ0v) is 14.0. The van der Waals surface area contributed by atoms with Crippen LogP contribution in [0.5, 0.6) is 0 Å². The number of benzene rings is 2. The first-order chi connectivity index (χ1) is 12.8. The minimum Gasteiger partial charge on any atom is -0.394 e. The van der Waals surface area contributed by atoms with E-state index in [1.807, 2.05) is 54.6 Å². The topological polar surface area (TPSA) is 83.8 Å². The van der Waals surface area contributed by atoms with Gasteiger partial charge in [0.2, 0.25) is 0 Å². The van der Waals surface area contributed by atoms with Crippen LogP contribution in [-0.2, 0) is 6.42 Å². The van der Waals surface area contributed by atoms with Crippen molar-refractivity contribution in [1.82, 2.24) is 20.0 Å². The van der Waals surface area contributed by atoms with E-state index in [0.29, 0.717) is 5.69 Å². The number of aromatic amines is 1. The number of hydrogen-bond donors (Lipinski definition) is 2. The van der Waals surface area contributed by atoms with Gasteiger partial charge in [0.25, 0.3) is 0 Å². The van der Waals surface area contributed by atoms with E-state index in [4.69, 9.17) is 0 Å². The summed E-state index contributed by atoms with van der Waals surface area (Å²) in [7, 11) is 0. The van der Waals surface area contributed by atoms with E-state index < -0.39 is 0 Å². The Morgan fingerprint density at radius 1 is 1.12 bits per heavy atom. The summed E-state index contributed by atoms with van der Waals surface area (Å²) in [6.07, 6.45) is 3.68. The third kappa shape index (κ3) is 3.02. The van der Waals surface area contributed by atoms with Crippen molar-refractivity contribution in [2.45, 2.75) is 12.5 Å². The molecule has 4 rings (SSSR count). The van der Waals surface area contributed by atoms with Crippen LogP contribution in [0, 0.1) is 0 Å². The van der Waals surface area contributed by atoms with Crippen LogP contribution < -0.4 is 0 Å². The minimum atomic E-state index is -0.272. The molecule has 0 saturated heterocycles. The Labute approximate surface area is 150 Å². The van der Waals surface area contributed by atoms with Crippen LogP contribution in [0.2, 0.25) is 0 Å². The number of aliphatic hydroxyl groups is 1. The number of nitrogens with one attached hydrogen (secondary N) is 1. The number of H-pyrrole nitrogens is 1. The van der Waals surface area contributed by atoms with Crippen LogP contribution in [0.25, 0.3) is 10.9 Å². The molecule has 26 heavy (non-hydrogen) atoms. The molecule has 0 aliphatic carbocycles. The molecule has 0 fully saturated rings. The highest BCUT2D eigenvalue weighted by Gasteiger charge is 2.17. The molecule has 2 aromatic carbocycles. The smallest absolute Gasteiger partial charge is 0.188 e. The van der Waals surface area contributed by atoms with Crippen LogP contribution in [0.15, 0.2) is 67.0 Å². The first-order valence-electron chi connectivity index (χ1n) is 8.41. The van der Waals surface area contributed by atoms with Crippen molar-refractivity contribution in [1.29, 1.82) is 0 Å². The van der Waals surface area contributed by atoms with Gasteiger partial charge in [-0.15, -0.1) is 0 Å². The van der Waals surface area contributed by atoms with Crippen LogP contribution in [0.3, 0.4) is 0 Å². The Kier molecular flexibility index (Phi) is 4.33. The molecule has 0 aliphatic heterocycles. The maximum absolute atomic E-state index is 12.6. The number of para-hydroxylation sites is 1. The molecule has 2 N–H and O–H groups in total. The third-order valence-corrected chi connectivity index (χ3v) is 4.43. The van der Waals surface area contributed by atoms with Gasteiger partial charge in [0.1, 0.15) is 5.69 Å². The summed E-state index contributed by atoms with van der Waals surface area (Å²) in [4.78, 5) is 12.6. The number of Topliss-reactive ketones (excluding diaryl/α,β-unsaturated/α-hetero) is 1. The average molecular weight is 346 g/mol. The quantitative estimate of drug-likeness (QED) is 0.526. The molecule has 2 aromatic heterocycles. The summed E-state index contributed by atoms with van der Waals surface area (Å²) in [6, 6.07) is 17.0. The molecule has 2 heterocycles. The van der Waals surface area contributed by atoms with Crippen LogP contribution in [0.1, 0.15) is 27.7 Å². The van der Waals surface area contributed by atoms with Crippen molar-refractivity contribution in [3.8, 4) is 0 Å². The van der Waals surface area contributed by atoms with Crippen molar-refractivity contribution in [3.63, 3.8) is 0 Å². The van der Waals surface area contributed by atoms with Gasteiger partial charge >= 0.3 is 0 Å². The Bertz CT molecular complexity index is 1040. The SMILES string of the molecule is O=C(Cc1cnn(C(CO)c2ccccc2)c1)c1n[nH]c2ccccc12. The Morgan fingerprint density at radius 2 is 1.88 bits per heavy atom. The van der Waals surface area contributed by atoms with E-state index in [-0.39, 0.29) is 24.9 Å². The largest absolute Gasteiger partial charge is 0.394 e. The average Bonchev–Trinajstić information content (AvgIpc) is 3.30. The molecule has 4 aromatic rings. The third-order valence-electron chi connectivity index (χ3n) is 4.43. The van der Waals surface area contributed by atoms with Crippen molar-refractivity contribution in [2.24, 2.45) is 0 Å². The summed E-state index contributed by atoms with van der Waals surface area (Å²) in [5, 5.41) is 21.9. The molecule has 0 spiro atoms. The number of rotatable bonds is 6. The van der Waals surface area contributed by atoms with Gasteiger partial charge in [0.15, 0.2) is 5.78 Å². The second-order valence-corrected chi connectivity index (χ2v) is 6.16. The highest BCUT2D eigenvalue weighted by atomic mass is 16.3. The predicted molar refractivity (Wildman–Crippen MR) is 98.0 cm³/mol. The summed E-state index contributed by atoms with van der Waals surface area (Å²) < 4.78 is 1.70. The molecule has 0 aliphatic rings. The van der Waals surface area contributed by atoms with Gasteiger partial charge in [-0.3, -0.25) is 14.6 Å². The van der Waals surface area contributed by atoms with Crippen molar-refractivity contribution in [2.75, 3.05) is 6.61 Å². The van der Waals surface area contributed by atoms with Crippen LogP contribution in [-0.4, -0.2) is 37.5 Å². The lowest BCUT2D eigenvalue weighted by Gasteiger charge is -2.15. The van der Waals surface area contributed by atoms with Gasteiger partial charge < -0.3 is 5.11 Å². The molecule has 0 amide bonds. The lowest BCUT2D eigenvalue weighted by Crippen LogP contribution is -2.15. The van der Waals surface area contributed by atoms with Crippen molar-refractivity contribution in [3.05, 3.63) is 83.8 Å². The number of aromatic nitrogens is 4. The van der Waals surface area contributed by atoms with Gasteiger partial charge in [-0.1, -0.05) is 48.5 Å². The highest BCUT2D eigenvalue weighted by molar-refractivity contribution is 6.06. The summed E-state index contributed by atoms with van der Waals surface area (Å²) in [5.41, 5.74) is 3.04. The molecular weight excluding hydrogens is 328 g/mol. The molecular formula is C20H18N4O2. The fraction of sp³-hybridized carbons (Fsp3) is 0.150. The van der Waals surface area contributed by atoms with E-state index in [1.165, 1.54) is 0 Å². The first-order valence-corrected chi connectivity index (χ1v) is 8.41. The molecule has 1 unspecified atom stereocenters. The molecule has 6 heteroatoms. The predicted octanol–water partition coefficient (Wildman–Crippen LogP) is 2.77. The number of carbonyl (C=O) groups excluding carboxylic acids is 1. The minimum absolute atomic E-state index is 0.0664. The fourth-order valence-corrected chi connectivity index (χ4v) is 3.10. The van der Waals surface area contributed by atoms with Gasteiger partial charge in [0.05, 0.1) is 24.4 Å². The standard InChI is InChI=1S/C20H18N4O2/c25-13-18(15-6-2-1-3-7-15)24-12-14(11-21-24)10-19(26)20-16-8-4-5-9-17(16)22-23-20/h1-9,11-12,18,25H,10,13H2,(H,22,23). The summed E-state index contributed by atoms with van der Waals surface area (Å²) >= 11 is 0. The zero-order valence-electron chi connectivity index (χ0n) is 14.0. The van der Waals surface area contributed by atoms with Gasteiger partial charge in [-0.2, -0.15) is 10.2 Å². The van der Waals surface area contributed by atoms with Crippen LogP contribution >= 0.6 is 0 Å². The molecule has 1 atom stereocenters. The number of ketones is 1. The Morgan fingerprint density at radius 3 is 2.69 bits per heavy atom. The molecule has 0 saturated carbocycles. The molecule has 0 bridgehead atoms. The van der Waals surface area contributed by atoms with Crippen LogP contribution in [0.4, 0.5) is 0 Å². The fourth-order valence-electron chi connectivity index (χ4n) is 3.10. The number of nitrogens with zero attached hydrogens (tertiary/aromatic N) is 3. The Balaban J connectivity index is 1.56. The van der Waals surface area contributed by atoms with Gasteiger partial charge in [0, 0.05) is 18.0 Å². The monoisotopic (exact) mass is 346 g/mol. The zero-order chi connectivity index (χ0) is 17.9. The molecule has 130 valence electrons. The normalized spacial score (nSPS) is 12.3. The van der Waals surface area contributed by atoms with E-state index in [9.17, 15) is 9.90 Å². The maximum Gasteiger partial charge on any atom is 0.188 e. The lowest BCUT2D eigenvalue weighted by molar-refractivity contribution is 0.0989. The Hall–Kier alpha value is -3.25.